The van der Waals surface area contributed by atoms with Gasteiger partial charge in [-0.3, -0.25) is 4.79 Å². The van der Waals surface area contributed by atoms with E-state index in [9.17, 15) is 30.3 Å². The molecule has 0 radical (unpaired) electrons. The Morgan fingerprint density at radius 3 is 1.66 bits per heavy atom. The van der Waals surface area contributed by atoms with Crippen LogP contribution in [0.5, 0.6) is 0 Å². The summed E-state index contributed by atoms with van der Waals surface area (Å²) in [5.74, 6) is -0.202. The van der Waals surface area contributed by atoms with E-state index < -0.39 is 49.5 Å². The second-order valence-electron chi connectivity index (χ2n) is 13.7. The van der Waals surface area contributed by atoms with Crippen LogP contribution in [0.4, 0.5) is 0 Å². The smallest absolute Gasteiger partial charge is 0.220 e. The Bertz CT molecular complexity index is 751. The first-order valence-electron chi connectivity index (χ1n) is 19.4. The molecule has 0 aromatic carbocycles. The van der Waals surface area contributed by atoms with Crippen LogP contribution in [0.3, 0.4) is 0 Å². The van der Waals surface area contributed by atoms with Crippen LogP contribution in [0, 0.1) is 0 Å². The predicted octanol–water partition coefficient (Wildman–Crippen LogP) is 6.61. The van der Waals surface area contributed by atoms with Gasteiger partial charge in [-0.2, -0.15) is 0 Å². The Morgan fingerprint density at radius 1 is 0.702 bits per heavy atom. The molecule has 278 valence electrons. The van der Waals surface area contributed by atoms with Crippen LogP contribution in [0.25, 0.3) is 0 Å². The number of aliphatic hydroxyl groups is 5. The molecule has 7 unspecified atom stereocenters. The number of unbranched alkanes of at least 4 members (excludes halogenated alkanes) is 21. The molecule has 1 aliphatic heterocycles. The summed E-state index contributed by atoms with van der Waals surface area (Å²) in [4.78, 5) is 12.5. The highest BCUT2D eigenvalue weighted by Gasteiger charge is 2.44. The van der Waals surface area contributed by atoms with E-state index in [4.69, 9.17) is 9.47 Å². The first kappa shape index (κ1) is 44.0. The zero-order chi connectivity index (χ0) is 34.5. The topological polar surface area (TPSA) is 149 Å². The standard InChI is InChI=1S/C38H73NO8/c1-3-5-7-8-9-10-11-12-13-14-15-16-17-18-19-20-21-22-23-24-26-27-32(41)31(39-34(42)28-25-6-4-2)30-46-38-37(45)36(44)35(43)33(29-40)47-38/h26-27,31-33,35-38,40-41,43-45H,3-25,28-30H2,1-2H3,(H,39,42)/b27-26+. The van der Waals surface area contributed by atoms with Gasteiger partial charge in [-0.15, -0.1) is 0 Å². The maximum absolute atomic E-state index is 12.5. The van der Waals surface area contributed by atoms with E-state index in [1.807, 2.05) is 6.08 Å². The first-order chi connectivity index (χ1) is 22.8. The lowest BCUT2D eigenvalue weighted by Crippen LogP contribution is -2.60. The second-order valence-corrected chi connectivity index (χ2v) is 13.7. The first-order valence-corrected chi connectivity index (χ1v) is 19.4. The third-order valence-corrected chi connectivity index (χ3v) is 9.36. The van der Waals surface area contributed by atoms with E-state index in [-0.39, 0.29) is 12.5 Å². The Balaban J connectivity index is 2.22. The highest BCUT2D eigenvalue weighted by Crippen LogP contribution is 2.22. The molecule has 47 heavy (non-hydrogen) atoms. The summed E-state index contributed by atoms with van der Waals surface area (Å²) in [5.41, 5.74) is 0. The van der Waals surface area contributed by atoms with Gasteiger partial charge >= 0.3 is 0 Å². The fourth-order valence-electron chi connectivity index (χ4n) is 6.15. The molecule has 0 spiro atoms. The van der Waals surface area contributed by atoms with Gasteiger partial charge in [-0.05, 0) is 19.3 Å². The molecule has 1 aliphatic rings. The van der Waals surface area contributed by atoms with Gasteiger partial charge in [0.15, 0.2) is 6.29 Å². The average Bonchev–Trinajstić information content (AvgIpc) is 3.07. The van der Waals surface area contributed by atoms with Crippen molar-refractivity contribution >= 4 is 5.91 Å². The number of rotatable bonds is 31. The Hall–Kier alpha value is -1.07. The van der Waals surface area contributed by atoms with E-state index in [1.165, 1.54) is 109 Å². The lowest BCUT2D eigenvalue weighted by molar-refractivity contribution is -0.302. The molecule has 1 fully saturated rings. The summed E-state index contributed by atoms with van der Waals surface area (Å²) in [6.45, 7) is 3.59. The SMILES string of the molecule is CCCCCCCCCCCCCCCCCCCCC/C=C/C(O)C(COC1OC(CO)C(O)C(O)C1O)NC(=O)CCCCC. The van der Waals surface area contributed by atoms with Gasteiger partial charge in [-0.1, -0.05) is 154 Å². The largest absolute Gasteiger partial charge is 0.394 e. The van der Waals surface area contributed by atoms with E-state index in [0.717, 1.165) is 38.5 Å². The lowest BCUT2D eigenvalue weighted by atomic mass is 9.99. The number of hydrogen-bond donors (Lipinski definition) is 6. The number of carbonyl (C=O) groups is 1. The molecule has 7 atom stereocenters. The minimum Gasteiger partial charge on any atom is -0.394 e. The van der Waals surface area contributed by atoms with Crippen molar-refractivity contribution < 1.29 is 39.8 Å². The molecule has 1 amide bonds. The fourth-order valence-corrected chi connectivity index (χ4v) is 6.15. The maximum Gasteiger partial charge on any atom is 0.220 e. The fraction of sp³-hybridized carbons (Fsp3) is 0.921. The van der Waals surface area contributed by atoms with E-state index in [2.05, 4.69) is 19.2 Å². The van der Waals surface area contributed by atoms with Crippen molar-refractivity contribution in [2.45, 2.75) is 211 Å². The van der Waals surface area contributed by atoms with Gasteiger partial charge in [0.2, 0.25) is 5.91 Å². The molecule has 1 saturated heterocycles. The van der Waals surface area contributed by atoms with Crippen molar-refractivity contribution in [1.29, 1.82) is 0 Å². The summed E-state index contributed by atoms with van der Waals surface area (Å²) in [6, 6.07) is -0.794. The zero-order valence-electron chi connectivity index (χ0n) is 30.0. The van der Waals surface area contributed by atoms with Gasteiger partial charge in [0.05, 0.1) is 25.4 Å². The number of nitrogens with one attached hydrogen (secondary N) is 1. The summed E-state index contributed by atoms with van der Waals surface area (Å²) in [5, 5.41) is 53.4. The quantitative estimate of drug-likeness (QED) is 0.0357. The van der Waals surface area contributed by atoms with Gasteiger partial charge in [0.1, 0.15) is 24.4 Å². The van der Waals surface area contributed by atoms with Crippen molar-refractivity contribution in [1.82, 2.24) is 5.32 Å². The molecule has 0 bridgehead atoms. The van der Waals surface area contributed by atoms with Gasteiger partial charge < -0.3 is 40.3 Å². The van der Waals surface area contributed by atoms with Crippen molar-refractivity contribution in [3.63, 3.8) is 0 Å². The molecule has 1 rings (SSSR count). The van der Waals surface area contributed by atoms with Gasteiger partial charge in [0.25, 0.3) is 0 Å². The Kier molecular flexibility index (Phi) is 27.9. The number of hydrogen-bond acceptors (Lipinski definition) is 8. The molecular formula is C38H73NO8. The summed E-state index contributed by atoms with van der Waals surface area (Å²) in [6.07, 6.45) is 24.9. The second kappa shape index (κ2) is 29.8. The van der Waals surface area contributed by atoms with Crippen molar-refractivity contribution in [2.24, 2.45) is 0 Å². The van der Waals surface area contributed by atoms with E-state index in [0.29, 0.717) is 6.42 Å². The molecular weight excluding hydrogens is 598 g/mol. The third kappa shape index (κ3) is 21.6. The summed E-state index contributed by atoms with van der Waals surface area (Å²) in [7, 11) is 0. The highest BCUT2D eigenvalue weighted by molar-refractivity contribution is 5.76. The average molecular weight is 672 g/mol. The number of allylic oxidation sites excluding steroid dienone is 1. The monoisotopic (exact) mass is 672 g/mol. The van der Waals surface area contributed by atoms with Gasteiger partial charge in [-0.25, -0.2) is 0 Å². The minimum absolute atomic E-state index is 0.188. The normalized spacial score (nSPS) is 22.9. The molecule has 1 heterocycles. The number of carbonyl (C=O) groups excluding carboxylic acids is 1. The maximum atomic E-state index is 12.5. The molecule has 0 aliphatic carbocycles. The molecule has 0 saturated carbocycles. The molecule has 9 nitrogen and oxygen atoms in total. The molecule has 6 N–H and O–H groups in total. The summed E-state index contributed by atoms with van der Waals surface area (Å²) < 4.78 is 11.1. The Labute approximate surface area is 286 Å². The van der Waals surface area contributed by atoms with Crippen LogP contribution in [0.1, 0.15) is 168 Å². The number of aliphatic hydroxyl groups excluding tert-OH is 5. The number of amides is 1. The van der Waals surface area contributed by atoms with Crippen molar-refractivity contribution in [2.75, 3.05) is 13.2 Å². The zero-order valence-corrected chi connectivity index (χ0v) is 30.0. The molecule has 0 aromatic rings. The van der Waals surface area contributed by atoms with Gasteiger partial charge in [0, 0.05) is 6.42 Å². The molecule has 9 heteroatoms. The van der Waals surface area contributed by atoms with Crippen LogP contribution in [-0.2, 0) is 14.3 Å². The molecule has 0 aromatic heterocycles. The summed E-state index contributed by atoms with van der Waals surface area (Å²) >= 11 is 0. The highest BCUT2D eigenvalue weighted by atomic mass is 16.7. The van der Waals surface area contributed by atoms with Crippen LogP contribution < -0.4 is 5.32 Å². The lowest BCUT2D eigenvalue weighted by Gasteiger charge is -2.40. The predicted molar refractivity (Wildman–Crippen MR) is 189 cm³/mol. The number of ether oxygens (including phenoxy) is 2. The van der Waals surface area contributed by atoms with Crippen LogP contribution in [-0.4, -0.2) is 87.5 Å². The van der Waals surface area contributed by atoms with E-state index in [1.54, 1.807) is 6.08 Å². The van der Waals surface area contributed by atoms with E-state index >= 15 is 0 Å². The van der Waals surface area contributed by atoms with Crippen LogP contribution >= 0.6 is 0 Å². The van der Waals surface area contributed by atoms with Crippen molar-refractivity contribution in [3.05, 3.63) is 12.2 Å². The van der Waals surface area contributed by atoms with Crippen molar-refractivity contribution in [3.8, 4) is 0 Å². The third-order valence-electron chi connectivity index (χ3n) is 9.36. The minimum atomic E-state index is -1.56. The van der Waals surface area contributed by atoms with Crippen LogP contribution in [0.2, 0.25) is 0 Å². The Morgan fingerprint density at radius 2 is 1.17 bits per heavy atom. The van der Waals surface area contributed by atoms with Crippen LogP contribution in [0.15, 0.2) is 12.2 Å².